The van der Waals surface area contributed by atoms with Crippen molar-refractivity contribution in [2.75, 3.05) is 4.72 Å². The molecule has 3 aromatic carbocycles. The van der Waals surface area contributed by atoms with Gasteiger partial charge >= 0.3 is 0 Å². The summed E-state index contributed by atoms with van der Waals surface area (Å²) in [5, 5.41) is 8.96. The number of nitrogens with one attached hydrogen (secondary N) is 1. The van der Waals surface area contributed by atoms with Crippen LogP contribution in [0, 0.1) is 11.3 Å². The maximum Gasteiger partial charge on any atom is 0.261 e. The van der Waals surface area contributed by atoms with Crippen LogP contribution in [-0.2, 0) is 10.0 Å². The van der Waals surface area contributed by atoms with Crippen molar-refractivity contribution in [1.29, 1.82) is 5.26 Å². The summed E-state index contributed by atoms with van der Waals surface area (Å²) in [6, 6.07) is 24.8. The van der Waals surface area contributed by atoms with Crippen LogP contribution in [0.15, 0.2) is 93.5 Å². The minimum absolute atomic E-state index is 0.0612. The Hall–Kier alpha value is -2.75. The molecule has 0 aliphatic carbocycles. The van der Waals surface area contributed by atoms with E-state index in [1.807, 2.05) is 48.5 Å². The summed E-state index contributed by atoms with van der Waals surface area (Å²) in [5.41, 5.74) is 0.800. The van der Waals surface area contributed by atoms with E-state index in [9.17, 15) is 8.42 Å². The summed E-state index contributed by atoms with van der Waals surface area (Å²) >= 11 is 1.48. The zero-order chi connectivity index (χ0) is 17.7. The van der Waals surface area contributed by atoms with E-state index in [0.717, 1.165) is 9.79 Å². The van der Waals surface area contributed by atoms with Crippen molar-refractivity contribution in [3.63, 3.8) is 0 Å². The Kier molecular flexibility index (Phi) is 5.08. The molecule has 0 spiro atoms. The Bertz CT molecular complexity index is 1030. The normalized spacial score (nSPS) is 10.8. The van der Waals surface area contributed by atoms with Gasteiger partial charge in [-0.15, -0.1) is 0 Å². The first kappa shape index (κ1) is 17.1. The molecule has 0 atom stereocenters. The van der Waals surface area contributed by atoms with Gasteiger partial charge in [0.25, 0.3) is 10.0 Å². The fourth-order valence-corrected chi connectivity index (χ4v) is 4.30. The van der Waals surface area contributed by atoms with Crippen molar-refractivity contribution in [1.82, 2.24) is 0 Å². The zero-order valence-corrected chi connectivity index (χ0v) is 14.7. The van der Waals surface area contributed by atoms with Gasteiger partial charge in [0.15, 0.2) is 0 Å². The first-order valence-corrected chi connectivity index (χ1v) is 9.73. The number of sulfonamides is 1. The van der Waals surface area contributed by atoms with Crippen molar-refractivity contribution in [3.8, 4) is 6.07 Å². The van der Waals surface area contributed by atoms with Gasteiger partial charge in [-0.05, 0) is 42.5 Å². The van der Waals surface area contributed by atoms with Crippen molar-refractivity contribution in [2.24, 2.45) is 0 Å². The molecular weight excluding hydrogens is 352 g/mol. The Morgan fingerprint density at radius 1 is 0.880 bits per heavy atom. The molecule has 0 bridgehead atoms. The molecule has 0 saturated heterocycles. The van der Waals surface area contributed by atoms with E-state index in [4.69, 9.17) is 5.26 Å². The third kappa shape index (κ3) is 4.21. The Morgan fingerprint density at radius 3 is 2.36 bits per heavy atom. The lowest BCUT2D eigenvalue weighted by atomic mass is 10.2. The fourth-order valence-electron chi connectivity index (χ4n) is 2.19. The van der Waals surface area contributed by atoms with Crippen LogP contribution >= 0.6 is 11.8 Å². The SMILES string of the molecule is N#Cc1cccc(S(=O)(=O)Nc2ccccc2Sc2ccccc2)c1. The molecule has 0 unspecified atom stereocenters. The van der Waals surface area contributed by atoms with E-state index in [1.54, 1.807) is 24.3 Å². The van der Waals surface area contributed by atoms with E-state index >= 15 is 0 Å². The average molecular weight is 366 g/mol. The standard InChI is InChI=1S/C19H14N2O2S2/c20-14-15-7-6-10-17(13-15)25(22,23)21-18-11-4-5-12-19(18)24-16-8-2-1-3-9-16/h1-13,21H. The lowest BCUT2D eigenvalue weighted by Gasteiger charge is -2.12. The summed E-state index contributed by atoms with van der Waals surface area (Å²) in [4.78, 5) is 1.88. The van der Waals surface area contributed by atoms with Crippen molar-refractivity contribution < 1.29 is 8.42 Å². The van der Waals surface area contributed by atoms with E-state index in [-0.39, 0.29) is 4.90 Å². The first-order valence-electron chi connectivity index (χ1n) is 7.43. The number of hydrogen-bond donors (Lipinski definition) is 1. The third-order valence-corrected chi connectivity index (χ3v) is 5.82. The molecule has 0 amide bonds. The second-order valence-electron chi connectivity index (χ2n) is 5.16. The highest BCUT2D eigenvalue weighted by molar-refractivity contribution is 7.99. The van der Waals surface area contributed by atoms with Gasteiger partial charge in [-0.3, -0.25) is 4.72 Å². The predicted octanol–water partition coefficient (Wildman–Crippen LogP) is 4.51. The zero-order valence-electron chi connectivity index (χ0n) is 13.1. The fraction of sp³-hybridized carbons (Fsp3) is 0. The molecular formula is C19H14N2O2S2. The van der Waals surface area contributed by atoms with Crippen LogP contribution in [0.3, 0.4) is 0 Å². The molecule has 3 rings (SSSR count). The number of nitriles is 1. The van der Waals surface area contributed by atoms with Crippen LogP contribution in [0.1, 0.15) is 5.56 Å². The molecule has 0 aliphatic heterocycles. The second-order valence-corrected chi connectivity index (χ2v) is 7.95. The molecule has 0 aromatic heterocycles. The Balaban J connectivity index is 1.91. The lowest BCUT2D eigenvalue weighted by molar-refractivity contribution is 0.601. The molecule has 124 valence electrons. The van der Waals surface area contributed by atoms with Crippen LogP contribution in [0.2, 0.25) is 0 Å². The van der Waals surface area contributed by atoms with Gasteiger partial charge in [0.2, 0.25) is 0 Å². The number of benzene rings is 3. The molecule has 25 heavy (non-hydrogen) atoms. The summed E-state index contributed by atoms with van der Waals surface area (Å²) in [6.07, 6.45) is 0. The van der Waals surface area contributed by atoms with Gasteiger partial charge in [-0.25, -0.2) is 8.42 Å². The monoisotopic (exact) mass is 366 g/mol. The summed E-state index contributed by atoms with van der Waals surface area (Å²) in [7, 11) is -3.78. The molecule has 0 fully saturated rings. The number of nitrogens with zero attached hydrogens (tertiary/aromatic N) is 1. The summed E-state index contributed by atoms with van der Waals surface area (Å²) < 4.78 is 27.9. The van der Waals surface area contributed by atoms with E-state index < -0.39 is 10.0 Å². The number of anilines is 1. The quantitative estimate of drug-likeness (QED) is 0.721. The number of hydrogen-bond acceptors (Lipinski definition) is 4. The Labute approximate surface area is 151 Å². The van der Waals surface area contributed by atoms with Gasteiger partial charge in [-0.1, -0.05) is 48.2 Å². The molecule has 6 heteroatoms. The number of rotatable bonds is 5. The topological polar surface area (TPSA) is 70.0 Å². The molecule has 1 N–H and O–H groups in total. The van der Waals surface area contributed by atoms with Crippen LogP contribution in [0.25, 0.3) is 0 Å². The Morgan fingerprint density at radius 2 is 1.60 bits per heavy atom. The first-order chi connectivity index (χ1) is 12.1. The highest BCUT2D eigenvalue weighted by Gasteiger charge is 2.16. The van der Waals surface area contributed by atoms with Crippen LogP contribution in [0.4, 0.5) is 5.69 Å². The maximum atomic E-state index is 12.6. The van der Waals surface area contributed by atoms with Gasteiger partial charge < -0.3 is 0 Å². The minimum atomic E-state index is -3.78. The molecule has 0 heterocycles. The summed E-state index contributed by atoms with van der Waals surface area (Å²) in [6.45, 7) is 0. The highest BCUT2D eigenvalue weighted by Crippen LogP contribution is 2.34. The molecule has 0 radical (unpaired) electrons. The van der Waals surface area contributed by atoms with Crippen LogP contribution in [0.5, 0.6) is 0 Å². The van der Waals surface area contributed by atoms with Crippen molar-refractivity contribution in [2.45, 2.75) is 14.7 Å². The minimum Gasteiger partial charge on any atom is -0.278 e. The van der Waals surface area contributed by atoms with E-state index in [0.29, 0.717) is 11.3 Å². The summed E-state index contributed by atoms with van der Waals surface area (Å²) in [5.74, 6) is 0. The number of para-hydroxylation sites is 1. The van der Waals surface area contributed by atoms with Gasteiger partial charge in [0, 0.05) is 9.79 Å². The lowest BCUT2D eigenvalue weighted by Crippen LogP contribution is -2.13. The average Bonchev–Trinajstić information content (AvgIpc) is 2.64. The molecule has 4 nitrogen and oxygen atoms in total. The van der Waals surface area contributed by atoms with Gasteiger partial charge in [-0.2, -0.15) is 5.26 Å². The van der Waals surface area contributed by atoms with Crippen LogP contribution < -0.4 is 4.72 Å². The molecule has 0 aliphatic rings. The van der Waals surface area contributed by atoms with Gasteiger partial charge in [0.05, 0.1) is 22.2 Å². The second kappa shape index (κ2) is 7.43. The smallest absolute Gasteiger partial charge is 0.261 e. The van der Waals surface area contributed by atoms with E-state index in [2.05, 4.69) is 4.72 Å². The highest BCUT2D eigenvalue weighted by atomic mass is 32.2. The molecule has 3 aromatic rings. The van der Waals surface area contributed by atoms with Crippen molar-refractivity contribution in [3.05, 3.63) is 84.4 Å². The van der Waals surface area contributed by atoms with Gasteiger partial charge in [0.1, 0.15) is 0 Å². The molecule has 0 saturated carbocycles. The van der Waals surface area contributed by atoms with Crippen molar-refractivity contribution >= 4 is 27.5 Å². The maximum absolute atomic E-state index is 12.6. The third-order valence-electron chi connectivity index (χ3n) is 3.38. The van der Waals surface area contributed by atoms with Crippen LogP contribution in [-0.4, -0.2) is 8.42 Å². The largest absolute Gasteiger partial charge is 0.278 e. The van der Waals surface area contributed by atoms with E-state index in [1.165, 1.54) is 23.9 Å². The predicted molar refractivity (Wildman–Crippen MR) is 99.0 cm³/mol.